The summed E-state index contributed by atoms with van der Waals surface area (Å²) in [6.45, 7) is 6.36. The second-order valence-electron chi connectivity index (χ2n) is 20.0. The van der Waals surface area contributed by atoms with Gasteiger partial charge in [0.15, 0.2) is 6.10 Å². The molecule has 0 bridgehead atoms. The van der Waals surface area contributed by atoms with Gasteiger partial charge in [-0.2, -0.15) is 0 Å². The van der Waals surface area contributed by atoms with Crippen LogP contribution in [-0.4, -0.2) is 37.2 Å². The average Bonchev–Trinajstić information content (AvgIpc) is 3.40. The van der Waals surface area contributed by atoms with Crippen LogP contribution >= 0.6 is 0 Å². The summed E-state index contributed by atoms with van der Waals surface area (Å²) in [7, 11) is 0. The number of carbonyl (C=O) groups excluding carboxylic acids is 3. The molecule has 6 nitrogen and oxygen atoms in total. The second-order valence-corrected chi connectivity index (χ2v) is 20.0. The molecule has 0 heterocycles. The average molecular weight is 1030 g/mol. The first-order valence-electron chi connectivity index (χ1n) is 30.6. The molecule has 0 aliphatic carbocycles. The van der Waals surface area contributed by atoms with E-state index in [-0.39, 0.29) is 31.1 Å². The van der Waals surface area contributed by atoms with E-state index in [1.165, 1.54) is 135 Å². The molecule has 74 heavy (non-hydrogen) atoms. The molecule has 0 saturated heterocycles. The highest BCUT2D eigenvalue weighted by Crippen LogP contribution is 2.16. The lowest BCUT2D eigenvalue weighted by molar-refractivity contribution is -0.167. The number of carbonyl (C=O) groups is 3. The summed E-state index contributed by atoms with van der Waals surface area (Å²) in [5, 5.41) is 0. The maximum atomic E-state index is 12.9. The summed E-state index contributed by atoms with van der Waals surface area (Å²) < 4.78 is 16.9. The predicted octanol–water partition coefficient (Wildman–Crippen LogP) is 20.8. The van der Waals surface area contributed by atoms with Crippen molar-refractivity contribution in [3.8, 4) is 0 Å². The largest absolute Gasteiger partial charge is 0.462 e. The Labute approximate surface area is 456 Å². The van der Waals surface area contributed by atoms with Crippen molar-refractivity contribution < 1.29 is 28.6 Å². The molecule has 0 amide bonds. The normalized spacial score (nSPS) is 13.0. The molecule has 0 fully saturated rings. The fourth-order valence-corrected chi connectivity index (χ4v) is 8.38. The van der Waals surface area contributed by atoms with Crippen LogP contribution in [0.15, 0.2) is 122 Å². The maximum Gasteiger partial charge on any atom is 0.306 e. The van der Waals surface area contributed by atoms with Crippen molar-refractivity contribution >= 4 is 17.9 Å². The van der Waals surface area contributed by atoms with Crippen molar-refractivity contribution in [3.63, 3.8) is 0 Å². The highest BCUT2D eigenvalue weighted by molar-refractivity contribution is 5.71. The quantitative estimate of drug-likeness (QED) is 0.0199. The first kappa shape index (κ1) is 69.8. The van der Waals surface area contributed by atoms with Crippen molar-refractivity contribution in [1.82, 2.24) is 0 Å². The Morgan fingerprint density at radius 3 is 1.00 bits per heavy atom. The SMILES string of the molecule is CC\C=C/C=C\C=C/C=C\C=C\C=C/C=C\CCCCCC(=O)OCC(COC(=O)CCCCCCCCCCCCCCCCCCCC)OC(=O)CCCCCCCCCCC/C=C\C/C=C\C/C=C\CC. The van der Waals surface area contributed by atoms with Gasteiger partial charge in [-0.25, -0.2) is 0 Å². The molecule has 0 aromatic carbocycles. The maximum absolute atomic E-state index is 12.9. The van der Waals surface area contributed by atoms with Gasteiger partial charge < -0.3 is 14.2 Å². The number of esters is 3. The van der Waals surface area contributed by atoms with E-state index >= 15 is 0 Å². The van der Waals surface area contributed by atoms with Crippen LogP contribution in [0, 0.1) is 0 Å². The molecule has 1 unspecified atom stereocenters. The van der Waals surface area contributed by atoms with Gasteiger partial charge in [0.1, 0.15) is 13.2 Å². The van der Waals surface area contributed by atoms with Gasteiger partial charge in [-0.1, -0.05) is 303 Å². The molecule has 0 saturated carbocycles. The molecule has 0 aromatic heterocycles. The van der Waals surface area contributed by atoms with Crippen LogP contribution in [0.3, 0.4) is 0 Å². The van der Waals surface area contributed by atoms with Crippen LogP contribution in [0.25, 0.3) is 0 Å². The third-order valence-corrected chi connectivity index (χ3v) is 12.9. The molecular formula is C68H112O6. The molecule has 0 N–H and O–H groups in total. The van der Waals surface area contributed by atoms with Crippen LogP contribution in [-0.2, 0) is 28.6 Å². The summed E-state index contributed by atoms with van der Waals surface area (Å²) in [5.74, 6) is -0.942. The van der Waals surface area contributed by atoms with Crippen LogP contribution in [0.5, 0.6) is 0 Å². The molecule has 1 atom stereocenters. The Hall–Kier alpha value is -4.19. The van der Waals surface area contributed by atoms with Gasteiger partial charge in [0, 0.05) is 19.3 Å². The van der Waals surface area contributed by atoms with Gasteiger partial charge in [0.05, 0.1) is 0 Å². The van der Waals surface area contributed by atoms with E-state index in [9.17, 15) is 14.4 Å². The smallest absolute Gasteiger partial charge is 0.306 e. The number of allylic oxidation sites excluding steroid dienone is 20. The van der Waals surface area contributed by atoms with Gasteiger partial charge in [0.25, 0.3) is 0 Å². The number of hydrogen-bond donors (Lipinski definition) is 0. The molecule has 0 spiro atoms. The summed E-state index contributed by atoms with van der Waals surface area (Å²) in [4.78, 5) is 38.3. The molecule has 0 radical (unpaired) electrons. The highest BCUT2D eigenvalue weighted by atomic mass is 16.6. The molecule has 0 rings (SSSR count). The molecule has 6 heteroatoms. The third kappa shape index (κ3) is 58.7. The van der Waals surface area contributed by atoms with Gasteiger partial charge in [-0.15, -0.1) is 0 Å². The van der Waals surface area contributed by atoms with E-state index < -0.39 is 6.10 Å². The van der Waals surface area contributed by atoms with Gasteiger partial charge in [-0.05, 0) is 70.6 Å². The van der Waals surface area contributed by atoms with Gasteiger partial charge >= 0.3 is 17.9 Å². The van der Waals surface area contributed by atoms with Crippen LogP contribution < -0.4 is 0 Å². The summed E-state index contributed by atoms with van der Waals surface area (Å²) in [5.41, 5.74) is 0. The van der Waals surface area contributed by atoms with Crippen molar-refractivity contribution in [2.45, 2.75) is 277 Å². The lowest BCUT2D eigenvalue weighted by atomic mass is 10.0. The Morgan fingerprint density at radius 2 is 0.595 bits per heavy atom. The molecule has 0 aliphatic heterocycles. The monoisotopic (exact) mass is 1020 g/mol. The van der Waals surface area contributed by atoms with Crippen molar-refractivity contribution in [2.24, 2.45) is 0 Å². The zero-order valence-corrected chi connectivity index (χ0v) is 48.1. The van der Waals surface area contributed by atoms with E-state index in [1.54, 1.807) is 0 Å². The van der Waals surface area contributed by atoms with Crippen LogP contribution in [0.4, 0.5) is 0 Å². The Balaban J connectivity index is 4.49. The predicted molar refractivity (Wildman–Crippen MR) is 320 cm³/mol. The standard InChI is InChI=1S/C68H112O6/c1-4-7-10-13-16-19-22-25-28-31-34-37-40-43-46-49-52-55-58-61-67(70)73-64-65(63-72-66(69)60-57-54-51-48-45-42-39-36-33-30-27-24-21-18-15-12-9-6-3)74-68(71)62-59-56-53-50-47-44-41-38-35-32-29-26-23-20-17-14-11-8-5-2/h7-8,10-11,13,16-17,19-20,22,25-26,28-29,31,34,37,40,43,46,65H,4-6,9,12,14-15,18,21,23-24,27,30,32-33,35-36,38-39,41-42,44-45,47-64H2,1-3H3/b10-7-,11-8-,16-13-,20-17-,22-19-,28-25-,29-26-,34-31+,40-37-,46-43-. The van der Waals surface area contributed by atoms with E-state index in [2.05, 4.69) is 69.4 Å². The minimum Gasteiger partial charge on any atom is -0.462 e. The lowest BCUT2D eigenvalue weighted by Crippen LogP contribution is -2.30. The van der Waals surface area contributed by atoms with Gasteiger partial charge in [-0.3, -0.25) is 14.4 Å². The minimum absolute atomic E-state index is 0.0956. The van der Waals surface area contributed by atoms with Crippen molar-refractivity contribution in [1.29, 1.82) is 0 Å². The lowest BCUT2D eigenvalue weighted by Gasteiger charge is -2.18. The third-order valence-electron chi connectivity index (χ3n) is 12.9. The van der Waals surface area contributed by atoms with Crippen molar-refractivity contribution in [2.75, 3.05) is 13.2 Å². The van der Waals surface area contributed by atoms with E-state index in [0.717, 1.165) is 96.3 Å². The molecule has 0 aliphatic rings. The van der Waals surface area contributed by atoms with E-state index in [0.29, 0.717) is 19.3 Å². The molecular weight excluding hydrogens is 913 g/mol. The Bertz CT molecular complexity index is 1550. The molecule has 0 aromatic rings. The summed E-state index contributed by atoms with van der Waals surface area (Å²) in [6.07, 6.45) is 84.7. The summed E-state index contributed by atoms with van der Waals surface area (Å²) in [6, 6.07) is 0. The zero-order valence-electron chi connectivity index (χ0n) is 48.1. The van der Waals surface area contributed by atoms with Crippen LogP contribution in [0.2, 0.25) is 0 Å². The fraction of sp³-hybridized carbons (Fsp3) is 0.662. The first-order chi connectivity index (χ1) is 36.5. The first-order valence-corrected chi connectivity index (χ1v) is 30.6. The highest BCUT2D eigenvalue weighted by Gasteiger charge is 2.19. The fourth-order valence-electron chi connectivity index (χ4n) is 8.38. The van der Waals surface area contributed by atoms with E-state index in [4.69, 9.17) is 14.2 Å². The Kier molecular flexibility index (Phi) is 57.9. The van der Waals surface area contributed by atoms with Crippen LogP contribution in [0.1, 0.15) is 271 Å². The molecule has 420 valence electrons. The van der Waals surface area contributed by atoms with E-state index in [1.807, 2.05) is 72.9 Å². The minimum atomic E-state index is -0.803. The van der Waals surface area contributed by atoms with Gasteiger partial charge in [0.2, 0.25) is 0 Å². The topological polar surface area (TPSA) is 78.9 Å². The summed E-state index contributed by atoms with van der Waals surface area (Å²) >= 11 is 0. The number of ether oxygens (including phenoxy) is 3. The number of rotatable bonds is 54. The second kappa shape index (κ2) is 61.4. The number of hydrogen-bond acceptors (Lipinski definition) is 6. The van der Waals surface area contributed by atoms with Crippen molar-refractivity contribution in [3.05, 3.63) is 122 Å². The Morgan fingerprint density at radius 1 is 0.297 bits per heavy atom. The number of unbranched alkanes of at least 4 members (excludes halogenated alkanes) is 29. The zero-order chi connectivity index (χ0) is 53.6.